The Morgan fingerprint density at radius 1 is 1.53 bits per heavy atom. The third kappa shape index (κ3) is 2.34. The second kappa shape index (κ2) is 5.05. The second-order valence-electron chi connectivity index (χ2n) is 4.09. The first-order valence-corrected chi connectivity index (χ1v) is 5.61. The Labute approximate surface area is 100 Å². The molecule has 3 N–H and O–H groups in total. The third-order valence-corrected chi connectivity index (χ3v) is 3.11. The normalized spacial score (nSPS) is 20.9. The standard InChI is InChI=1S/C12H17N3O2/c1-17-9-6-7-15(8-9)11-5-3-2-4-10(11)12(13)14-16/h2-5,9,16H,6-8H2,1H3,(H2,13,14). The molecule has 1 saturated heterocycles. The first-order valence-electron chi connectivity index (χ1n) is 5.61. The zero-order valence-corrected chi connectivity index (χ0v) is 9.84. The lowest BCUT2D eigenvalue weighted by atomic mass is 10.1. The molecule has 0 radical (unpaired) electrons. The van der Waals surface area contributed by atoms with Gasteiger partial charge < -0.3 is 20.6 Å². The number of nitrogens with zero attached hydrogens (tertiary/aromatic N) is 2. The summed E-state index contributed by atoms with van der Waals surface area (Å²) in [5.74, 6) is 0.140. The van der Waals surface area contributed by atoms with Crippen LogP contribution in [0.4, 0.5) is 5.69 Å². The number of nitrogens with two attached hydrogens (primary N) is 1. The smallest absolute Gasteiger partial charge is 0.172 e. The van der Waals surface area contributed by atoms with E-state index in [0.29, 0.717) is 0 Å². The molecular formula is C12H17N3O2. The fraction of sp³-hybridized carbons (Fsp3) is 0.417. The van der Waals surface area contributed by atoms with Crippen LogP contribution >= 0.6 is 0 Å². The highest BCUT2D eigenvalue weighted by atomic mass is 16.5. The molecule has 1 atom stereocenters. The van der Waals surface area contributed by atoms with E-state index in [4.69, 9.17) is 15.7 Å². The average Bonchev–Trinajstić information content (AvgIpc) is 2.86. The average molecular weight is 235 g/mol. The van der Waals surface area contributed by atoms with Gasteiger partial charge in [-0.3, -0.25) is 0 Å². The summed E-state index contributed by atoms with van der Waals surface area (Å²) in [5.41, 5.74) is 7.42. The highest BCUT2D eigenvalue weighted by Gasteiger charge is 2.24. The van der Waals surface area contributed by atoms with Gasteiger partial charge >= 0.3 is 0 Å². The van der Waals surface area contributed by atoms with Crippen LogP contribution in [0, 0.1) is 0 Å². The summed E-state index contributed by atoms with van der Waals surface area (Å²) in [6.07, 6.45) is 1.26. The van der Waals surface area contributed by atoms with Gasteiger partial charge in [0.1, 0.15) is 0 Å². The van der Waals surface area contributed by atoms with Crippen LogP contribution in [-0.4, -0.2) is 37.3 Å². The minimum atomic E-state index is 0.140. The van der Waals surface area contributed by atoms with Gasteiger partial charge in [0, 0.05) is 31.5 Å². The molecule has 5 heteroatoms. The predicted molar refractivity (Wildman–Crippen MR) is 66.6 cm³/mol. The van der Waals surface area contributed by atoms with Crippen LogP contribution in [0.1, 0.15) is 12.0 Å². The number of hydrogen-bond acceptors (Lipinski definition) is 4. The number of oxime groups is 1. The molecule has 0 spiro atoms. The number of rotatable bonds is 3. The lowest BCUT2D eigenvalue weighted by molar-refractivity contribution is 0.121. The van der Waals surface area contributed by atoms with Crippen LogP contribution in [0.15, 0.2) is 29.4 Å². The van der Waals surface area contributed by atoms with Crippen LogP contribution in [0.3, 0.4) is 0 Å². The van der Waals surface area contributed by atoms with E-state index in [-0.39, 0.29) is 11.9 Å². The van der Waals surface area contributed by atoms with Crippen molar-refractivity contribution in [3.05, 3.63) is 29.8 Å². The van der Waals surface area contributed by atoms with Gasteiger partial charge in [-0.1, -0.05) is 17.3 Å². The van der Waals surface area contributed by atoms with E-state index in [1.165, 1.54) is 0 Å². The fourth-order valence-corrected chi connectivity index (χ4v) is 2.16. The van der Waals surface area contributed by atoms with E-state index < -0.39 is 0 Å². The van der Waals surface area contributed by atoms with Crippen molar-refractivity contribution in [2.75, 3.05) is 25.1 Å². The quantitative estimate of drug-likeness (QED) is 0.355. The van der Waals surface area contributed by atoms with E-state index in [0.717, 1.165) is 30.8 Å². The molecule has 5 nitrogen and oxygen atoms in total. The summed E-state index contributed by atoms with van der Waals surface area (Å²) < 4.78 is 5.34. The minimum Gasteiger partial charge on any atom is -0.409 e. The molecule has 1 aliphatic rings. The van der Waals surface area contributed by atoms with Gasteiger partial charge in [-0.2, -0.15) is 0 Å². The van der Waals surface area contributed by atoms with Crippen molar-refractivity contribution in [2.24, 2.45) is 10.9 Å². The van der Waals surface area contributed by atoms with Gasteiger partial charge in [-0.05, 0) is 18.6 Å². The summed E-state index contributed by atoms with van der Waals surface area (Å²) in [6.45, 7) is 1.76. The minimum absolute atomic E-state index is 0.140. The SMILES string of the molecule is COC1CCN(c2ccccc2/C(N)=N/O)C1. The number of amidine groups is 1. The molecule has 1 aliphatic heterocycles. The number of para-hydroxylation sites is 1. The summed E-state index contributed by atoms with van der Waals surface area (Å²) in [7, 11) is 1.73. The van der Waals surface area contributed by atoms with Crippen molar-refractivity contribution in [2.45, 2.75) is 12.5 Å². The van der Waals surface area contributed by atoms with Crippen molar-refractivity contribution in [3.63, 3.8) is 0 Å². The summed E-state index contributed by atoms with van der Waals surface area (Å²) >= 11 is 0. The predicted octanol–water partition coefficient (Wildman–Crippen LogP) is 1.01. The first-order chi connectivity index (χ1) is 8.26. The lowest BCUT2D eigenvalue weighted by Crippen LogP contribution is -2.25. The van der Waals surface area contributed by atoms with Crippen LogP contribution in [0.2, 0.25) is 0 Å². The van der Waals surface area contributed by atoms with Crippen molar-refractivity contribution in [3.8, 4) is 0 Å². The maximum absolute atomic E-state index is 8.77. The van der Waals surface area contributed by atoms with E-state index in [2.05, 4.69) is 10.1 Å². The van der Waals surface area contributed by atoms with Crippen LogP contribution in [-0.2, 0) is 4.74 Å². The molecule has 92 valence electrons. The Morgan fingerprint density at radius 3 is 2.94 bits per heavy atom. The Kier molecular flexibility index (Phi) is 3.49. The Morgan fingerprint density at radius 2 is 2.29 bits per heavy atom. The van der Waals surface area contributed by atoms with Gasteiger partial charge in [-0.25, -0.2) is 0 Å². The zero-order valence-electron chi connectivity index (χ0n) is 9.84. The Bertz CT molecular complexity index is 420. The summed E-state index contributed by atoms with van der Waals surface area (Å²) in [6, 6.07) is 7.65. The molecule has 0 saturated carbocycles. The first kappa shape index (κ1) is 11.7. The Balaban J connectivity index is 2.27. The zero-order chi connectivity index (χ0) is 12.3. The van der Waals surface area contributed by atoms with Crippen molar-refractivity contribution in [1.82, 2.24) is 0 Å². The molecule has 1 aromatic rings. The van der Waals surface area contributed by atoms with Crippen molar-refractivity contribution >= 4 is 11.5 Å². The van der Waals surface area contributed by atoms with E-state index in [1.807, 2.05) is 24.3 Å². The van der Waals surface area contributed by atoms with E-state index >= 15 is 0 Å². The van der Waals surface area contributed by atoms with Gasteiger partial charge in [-0.15, -0.1) is 0 Å². The van der Waals surface area contributed by atoms with Gasteiger partial charge in [0.2, 0.25) is 0 Å². The number of anilines is 1. The number of ether oxygens (including phenoxy) is 1. The second-order valence-corrected chi connectivity index (χ2v) is 4.09. The summed E-state index contributed by atoms with van der Waals surface area (Å²) in [5, 5.41) is 11.8. The molecule has 2 rings (SSSR count). The monoisotopic (exact) mass is 235 g/mol. The molecule has 1 fully saturated rings. The van der Waals surface area contributed by atoms with Crippen LogP contribution in [0.25, 0.3) is 0 Å². The van der Waals surface area contributed by atoms with Crippen LogP contribution in [0.5, 0.6) is 0 Å². The molecule has 1 aromatic carbocycles. The lowest BCUT2D eigenvalue weighted by Gasteiger charge is -2.21. The van der Waals surface area contributed by atoms with Crippen LogP contribution < -0.4 is 10.6 Å². The molecule has 1 unspecified atom stereocenters. The van der Waals surface area contributed by atoms with E-state index in [1.54, 1.807) is 7.11 Å². The maximum atomic E-state index is 8.77. The highest BCUT2D eigenvalue weighted by molar-refractivity contribution is 6.02. The number of methoxy groups -OCH3 is 1. The van der Waals surface area contributed by atoms with Crippen molar-refractivity contribution in [1.29, 1.82) is 0 Å². The molecule has 17 heavy (non-hydrogen) atoms. The summed E-state index contributed by atoms with van der Waals surface area (Å²) in [4.78, 5) is 2.20. The highest BCUT2D eigenvalue weighted by Crippen LogP contribution is 2.25. The molecule has 0 bridgehead atoms. The fourth-order valence-electron chi connectivity index (χ4n) is 2.16. The largest absolute Gasteiger partial charge is 0.409 e. The van der Waals surface area contributed by atoms with Crippen molar-refractivity contribution < 1.29 is 9.94 Å². The molecule has 0 aromatic heterocycles. The molecule has 0 amide bonds. The van der Waals surface area contributed by atoms with Gasteiger partial charge in [0.15, 0.2) is 5.84 Å². The van der Waals surface area contributed by atoms with E-state index in [9.17, 15) is 0 Å². The number of hydrogen-bond donors (Lipinski definition) is 2. The maximum Gasteiger partial charge on any atom is 0.172 e. The number of benzene rings is 1. The molecular weight excluding hydrogens is 218 g/mol. The topological polar surface area (TPSA) is 71.1 Å². The van der Waals surface area contributed by atoms with Gasteiger partial charge in [0.05, 0.1) is 6.10 Å². The molecule has 1 heterocycles. The Hall–Kier alpha value is -1.75. The van der Waals surface area contributed by atoms with Gasteiger partial charge in [0.25, 0.3) is 0 Å². The third-order valence-electron chi connectivity index (χ3n) is 3.11. The molecule has 0 aliphatic carbocycles.